The minimum Gasteiger partial charge on any atom is -0.384 e. The van der Waals surface area contributed by atoms with Crippen LogP contribution in [0.15, 0.2) is 47.1 Å². The van der Waals surface area contributed by atoms with Gasteiger partial charge in [0.25, 0.3) is 0 Å². The van der Waals surface area contributed by atoms with Crippen molar-refractivity contribution in [3.05, 3.63) is 58.8 Å². The highest BCUT2D eigenvalue weighted by atomic mass is 32.1. The number of nitrogens with zero attached hydrogens (tertiary/aromatic N) is 2. The van der Waals surface area contributed by atoms with Crippen LogP contribution in [0.3, 0.4) is 0 Å². The van der Waals surface area contributed by atoms with E-state index >= 15 is 0 Å². The van der Waals surface area contributed by atoms with Crippen molar-refractivity contribution in [3.8, 4) is 0 Å². The van der Waals surface area contributed by atoms with E-state index in [1.54, 1.807) is 5.56 Å². The molecule has 2 rings (SSSR count). The van der Waals surface area contributed by atoms with Crippen LogP contribution < -0.4 is 5.32 Å². The fraction of sp³-hybridized carbons (Fsp3) is 0.577. The summed E-state index contributed by atoms with van der Waals surface area (Å²) in [6.07, 6.45) is 17.1. The number of aliphatic imine (C=N–C) groups is 1. The lowest BCUT2D eigenvalue weighted by Crippen LogP contribution is -2.26. The summed E-state index contributed by atoms with van der Waals surface area (Å²) in [5, 5.41) is 3.49. The van der Waals surface area contributed by atoms with Gasteiger partial charge in [-0.1, -0.05) is 56.9 Å². The van der Waals surface area contributed by atoms with Crippen LogP contribution in [0.25, 0.3) is 0 Å². The predicted molar refractivity (Wildman–Crippen MR) is 136 cm³/mol. The fourth-order valence-electron chi connectivity index (χ4n) is 4.14. The van der Waals surface area contributed by atoms with Gasteiger partial charge in [-0.15, -0.1) is 0 Å². The maximum absolute atomic E-state index is 4.65. The Morgan fingerprint density at radius 1 is 1.23 bits per heavy atom. The molecule has 1 aliphatic carbocycles. The Hall–Kier alpha value is -1.52. The van der Waals surface area contributed by atoms with Gasteiger partial charge in [-0.2, -0.15) is 0 Å². The number of hydrogen-bond acceptors (Lipinski definition) is 4. The van der Waals surface area contributed by atoms with Gasteiger partial charge in [-0.05, 0) is 80.7 Å². The number of rotatable bonds is 13. The molecule has 1 aromatic rings. The van der Waals surface area contributed by atoms with Gasteiger partial charge in [0.15, 0.2) is 0 Å². The van der Waals surface area contributed by atoms with Gasteiger partial charge in [0.05, 0.1) is 0 Å². The third-order valence-electron chi connectivity index (χ3n) is 5.73. The highest BCUT2D eigenvalue weighted by molar-refractivity contribution is 7.77. The molecule has 0 aromatic heterocycles. The van der Waals surface area contributed by atoms with Crippen LogP contribution in [0.2, 0.25) is 0 Å². The largest absolute Gasteiger partial charge is 0.384 e. The van der Waals surface area contributed by atoms with E-state index in [0.29, 0.717) is 0 Å². The standard InChI is InChI=1S/C26H41N3S/c1-4-9-26(10-5-2)28-16-18-29(30)17-8-7-11-22-12-14-25-20-23(21-27-6-3)13-15-24(25)19-22/h4,9-10,13,15,20-22,28,30H,5-8,11-12,14,16-19H2,1-3H3/b9-4-,26-10+,27-21?. The monoisotopic (exact) mass is 427 g/mol. The van der Waals surface area contributed by atoms with Crippen molar-refractivity contribution in [2.24, 2.45) is 10.9 Å². The maximum atomic E-state index is 4.65. The van der Waals surface area contributed by atoms with Crippen molar-refractivity contribution in [3.63, 3.8) is 0 Å². The number of nitrogens with one attached hydrogen (secondary N) is 1. The van der Waals surface area contributed by atoms with Crippen LogP contribution in [-0.4, -0.2) is 36.7 Å². The van der Waals surface area contributed by atoms with Gasteiger partial charge in [0.1, 0.15) is 0 Å². The highest BCUT2D eigenvalue weighted by Gasteiger charge is 2.18. The molecule has 1 aromatic carbocycles. The Kier molecular flexibility index (Phi) is 11.9. The van der Waals surface area contributed by atoms with Crippen molar-refractivity contribution in [2.45, 2.75) is 65.7 Å². The van der Waals surface area contributed by atoms with Crippen LogP contribution in [0.1, 0.15) is 69.6 Å². The zero-order valence-electron chi connectivity index (χ0n) is 19.2. The third kappa shape index (κ3) is 9.09. The lowest BCUT2D eigenvalue weighted by molar-refractivity contribution is 0.388. The number of allylic oxidation sites excluding steroid dienone is 3. The average molecular weight is 428 g/mol. The van der Waals surface area contributed by atoms with E-state index in [0.717, 1.165) is 38.5 Å². The van der Waals surface area contributed by atoms with E-state index in [9.17, 15) is 0 Å². The molecule has 0 radical (unpaired) electrons. The summed E-state index contributed by atoms with van der Waals surface area (Å²) in [5.41, 5.74) is 5.55. The number of hydrogen-bond donors (Lipinski definition) is 2. The molecule has 0 saturated carbocycles. The Bertz CT molecular complexity index is 708. The molecule has 0 heterocycles. The van der Waals surface area contributed by atoms with Crippen molar-refractivity contribution in [1.29, 1.82) is 0 Å². The summed E-state index contributed by atoms with van der Waals surface area (Å²) in [7, 11) is 0. The van der Waals surface area contributed by atoms with E-state index in [1.807, 2.05) is 6.21 Å². The summed E-state index contributed by atoms with van der Waals surface area (Å²) in [6.45, 7) is 10.1. The van der Waals surface area contributed by atoms with Crippen molar-refractivity contribution >= 4 is 19.0 Å². The minimum atomic E-state index is 0.838. The normalized spacial score (nSPS) is 17.2. The Balaban J connectivity index is 1.63. The third-order valence-corrected chi connectivity index (χ3v) is 6.13. The molecule has 166 valence electrons. The molecule has 0 aliphatic heterocycles. The molecule has 4 heteroatoms. The van der Waals surface area contributed by atoms with Crippen molar-refractivity contribution < 1.29 is 0 Å². The molecule has 0 bridgehead atoms. The Morgan fingerprint density at radius 3 is 2.87 bits per heavy atom. The lowest BCUT2D eigenvalue weighted by Gasteiger charge is -2.25. The van der Waals surface area contributed by atoms with Gasteiger partial charge in [0.2, 0.25) is 0 Å². The summed E-state index contributed by atoms with van der Waals surface area (Å²) in [5.74, 6) is 0.838. The summed E-state index contributed by atoms with van der Waals surface area (Å²) in [6, 6.07) is 6.90. The molecule has 0 amide bonds. The van der Waals surface area contributed by atoms with Gasteiger partial charge in [-0.25, -0.2) is 0 Å². The first-order valence-corrected chi connectivity index (χ1v) is 12.2. The van der Waals surface area contributed by atoms with E-state index in [-0.39, 0.29) is 0 Å². The van der Waals surface area contributed by atoms with Crippen molar-refractivity contribution in [2.75, 3.05) is 26.2 Å². The predicted octanol–water partition coefficient (Wildman–Crippen LogP) is 6.01. The zero-order valence-corrected chi connectivity index (χ0v) is 20.1. The maximum Gasteiger partial charge on any atom is 0.0361 e. The molecule has 1 aliphatic rings. The molecule has 3 nitrogen and oxygen atoms in total. The number of aryl methyl sites for hydroxylation is 1. The van der Waals surface area contributed by atoms with Gasteiger partial charge in [-0.3, -0.25) is 9.30 Å². The van der Waals surface area contributed by atoms with Gasteiger partial charge < -0.3 is 5.32 Å². The SMILES string of the molecule is C/C=C\C(=C/CC)NCCN(S)CCCCC1CCc2cc(C=NCC)ccc2C1. The average Bonchev–Trinajstić information content (AvgIpc) is 2.75. The molecule has 0 fully saturated rings. The van der Waals surface area contributed by atoms with E-state index in [1.165, 1.54) is 55.3 Å². The molecular weight excluding hydrogens is 386 g/mol. The molecule has 1 unspecified atom stereocenters. The van der Waals surface area contributed by atoms with Crippen LogP contribution in [-0.2, 0) is 12.8 Å². The number of unbranched alkanes of at least 4 members (excludes halogenated alkanes) is 1. The van der Waals surface area contributed by atoms with Crippen molar-refractivity contribution in [1.82, 2.24) is 9.62 Å². The minimum absolute atomic E-state index is 0.838. The quantitative estimate of drug-likeness (QED) is 0.175. The Labute approximate surface area is 190 Å². The first-order chi connectivity index (χ1) is 14.7. The smallest absolute Gasteiger partial charge is 0.0361 e. The second kappa shape index (κ2) is 14.5. The molecule has 1 N–H and O–H groups in total. The molecular formula is C26H41N3S. The molecule has 0 spiro atoms. The summed E-state index contributed by atoms with van der Waals surface area (Å²) >= 11 is 4.65. The second-order valence-corrected chi connectivity index (χ2v) is 8.77. The van der Waals surface area contributed by atoms with E-state index in [4.69, 9.17) is 0 Å². The highest BCUT2D eigenvalue weighted by Crippen LogP contribution is 2.29. The van der Waals surface area contributed by atoms with Gasteiger partial charge in [0, 0.05) is 38.1 Å². The second-order valence-electron chi connectivity index (χ2n) is 8.21. The topological polar surface area (TPSA) is 27.6 Å². The number of fused-ring (bicyclic) bond motifs is 1. The number of benzene rings is 1. The van der Waals surface area contributed by atoms with E-state index in [2.05, 4.69) is 84.6 Å². The van der Waals surface area contributed by atoms with Crippen LogP contribution >= 0.6 is 12.8 Å². The molecule has 30 heavy (non-hydrogen) atoms. The molecule has 1 atom stereocenters. The lowest BCUT2D eigenvalue weighted by atomic mass is 9.81. The van der Waals surface area contributed by atoms with E-state index < -0.39 is 0 Å². The molecule has 0 saturated heterocycles. The summed E-state index contributed by atoms with van der Waals surface area (Å²) < 4.78 is 2.15. The van der Waals surface area contributed by atoms with Crippen LogP contribution in [0, 0.1) is 5.92 Å². The zero-order chi connectivity index (χ0) is 21.6. The van der Waals surface area contributed by atoms with Gasteiger partial charge >= 0.3 is 0 Å². The number of thiol groups is 1. The Morgan fingerprint density at radius 2 is 2.10 bits per heavy atom. The summed E-state index contributed by atoms with van der Waals surface area (Å²) in [4.78, 5) is 4.37. The first-order valence-electron chi connectivity index (χ1n) is 11.8. The first kappa shape index (κ1) is 24.7. The van der Waals surface area contributed by atoms with Crippen LogP contribution in [0.5, 0.6) is 0 Å². The fourth-order valence-corrected chi connectivity index (χ4v) is 4.38. The van der Waals surface area contributed by atoms with Crippen LogP contribution in [0.4, 0.5) is 0 Å².